The first kappa shape index (κ1) is 8.33. The van der Waals surface area contributed by atoms with E-state index >= 15 is 0 Å². The lowest BCUT2D eigenvalue weighted by Crippen LogP contribution is -2.49. The molecule has 0 aliphatic carbocycles. The van der Waals surface area contributed by atoms with E-state index in [2.05, 4.69) is 9.78 Å². The summed E-state index contributed by atoms with van der Waals surface area (Å²) >= 11 is 0. The van der Waals surface area contributed by atoms with Crippen LogP contribution < -0.4 is 0 Å². The molecule has 0 aromatic heterocycles. The molecule has 1 saturated heterocycles. The molecule has 1 rings (SSSR count). The molecule has 0 bridgehead atoms. The van der Waals surface area contributed by atoms with E-state index in [0.29, 0.717) is 12.6 Å². The van der Waals surface area contributed by atoms with Crippen molar-refractivity contribution in [1.29, 1.82) is 0 Å². The Kier molecular flexibility index (Phi) is 2.70. The van der Waals surface area contributed by atoms with Crippen LogP contribution in [-0.4, -0.2) is 30.2 Å². The molecule has 1 heterocycles. The normalized spacial score (nSPS) is 22.7. The van der Waals surface area contributed by atoms with Crippen LogP contribution in [0.5, 0.6) is 0 Å². The van der Waals surface area contributed by atoms with Crippen LogP contribution in [0, 0.1) is 0 Å². The van der Waals surface area contributed by atoms with E-state index in [1.807, 2.05) is 6.92 Å². The molecule has 0 N–H and O–H groups in total. The molecule has 1 aliphatic heterocycles. The van der Waals surface area contributed by atoms with Crippen LogP contribution in [0.4, 0.5) is 4.79 Å². The topological polar surface area (TPSA) is 38.8 Å². The zero-order valence-corrected chi connectivity index (χ0v) is 6.87. The molecule has 64 valence electrons. The number of rotatable bonds is 2. The van der Waals surface area contributed by atoms with Gasteiger partial charge in [-0.05, 0) is 20.3 Å². The monoisotopic (exact) mass is 159 g/mol. The van der Waals surface area contributed by atoms with E-state index in [1.165, 1.54) is 0 Å². The summed E-state index contributed by atoms with van der Waals surface area (Å²) in [5, 5.41) is 0. The maximum atomic E-state index is 11.0. The maximum Gasteiger partial charge on any atom is 0.441 e. The van der Waals surface area contributed by atoms with E-state index in [1.54, 1.807) is 11.8 Å². The smallest absolute Gasteiger partial charge is 0.303 e. The molecule has 0 aromatic rings. The van der Waals surface area contributed by atoms with E-state index in [-0.39, 0.29) is 6.09 Å². The standard InChI is InChI=1S/C7H13NO3/c1-3-10-11-7(9)8-5-4-6(8)2/h6H,3-5H2,1-2H3. The van der Waals surface area contributed by atoms with E-state index in [9.17, 15) is 4.79 Å². The number of carbonyl (C=O) groups excluding carboxylic acids is 1. The van der Waals surface area contributed by atoms with Gasteiger partial charge in [-0.15, -0.1) is 0 Å². The van der Waals surface area contributed by atoms with E-state index < -0.39 is 0 Å². The fourth-order valence-electron chi connectivity index (χ4n) is 0.945. The highest BCUT2D eigenvalue weighted by Gasteiger charge is 2.29. The van der Waals surface area contributed by atoms with Crippen molar-refractivity contribution in [2.45, 2.75) is 26.3 Å². The molecule has 1 fully saturated rings. The lowest BCUT2D eigenvalue weighted by molar-refractivity contribution is -0.245. The van der Waals surface area contributed by atoms with Crippen molar-refractivity contribution in [3.05, 3.63) is 0 Å². The Bertz CT molecular complexity index is 149. The van der Waals surface area contributed by atoms with Gasteiger partial charge in [0.1, 0.15) is 0 Å². The van der Waals surface area contributed by atoms with Crippen molar-refractivity contribution >= 4 is 6.09 Å². The minimum atomic E-state index is -0.370. The molecule has 0 spiro atoms. The van der Waals surface area contributed by atoms with Crippen molar-refractivity contribution in [3.8, 4) is 0 Å². The van der Waals surface area contributed by atoms with Gasteiger partial charge < -0.3 is 4.90 Å². The molecule has 1 amide bonds. The van der Waals surface area contributed by atoms with Gasteiger partial charge in [-0.25, -0.2) is 4.79 Å². The van der Waals surface area contributed by atoms with Gasteiger partial charge >= 0.3 is 6.09 Å². The Morgan fingerprint density at radius 3 is 2.82 bits per heavy atom. The minimum absolute atomic E-state index is 0.308. The van der Waals surface area contributed by atoms with Crippen LogP contribution in [0.25, 0.3) is 0 Å². The second kappa shape index (κ2) is 3.57. The van der Waals surface area contributed by atoms with Crippen molar-refractivity contribution in [2.75, 3.05) is 13.2 Å². The second-order valence-electron chi connectivity index (χ2n) is 2.59. The first-order valence-electron chi connectivity index (χ1n) is 3.85. The van der Waals surface area contributed by atoms with Gasteiger partial charge in [0.25, 0.3) is 0 Å². The number of hydrogen-bond acceptors (Lipinski definition) is 3. The van der Waals surface area contributed by atoms with Crippen LogP contribution in [0.2, 0.25) is 0 Å². The average Bonchev–Trinajstić information content (AvgIpc) is 1.98. The predicted molar refractivity (Wildman–Crippen MR) is 38.9 cm³/mol. The van der Waals surface area contributed by atoms with Crippen LogP contribution in [0.3, 0.4) is 0 Å². The minimum Gasteiger partial charge on any atom is -0.303 e. The third-order valence-corrected chi connectivity index (χ3v) is 1.80. The molecule has 0 radical (unpaired) electrons. The third-order valence-electron chi connectivity index (χ3n) is 1.80. The molecule has 11 heavy (non-hydrogen) atoms. The Morgan fingerprint density at radius 1 is 1.73 bits per heavy atom. The van der Waals surface area contributed by atoms with Crippen molar-refractivity contribution in [3.63, 3.8) is 0 Å². The molecule has 1 unspecified atom stereocenters. The summed E-state index contributed by atoms with van der Waals surface area (Å²) < 4.78 is 0. The van der Waals surface area contributed by atoms with Gasteiger partial charge in [0.05, 0.1) is 6.61 Å². The SMILES string of the molecule is CCOOC(=O)N1CCC1C. The molecular formula is C7H13NO3. The number of amides is 1. The fraction of sp³-hybridized carbons (Fsp3) is 0.857. The van der Waals surface area contributed by atoms with Crippen LogP contribution in [0.15, 0.2) is 0 Å². The first-order valence-corrected chi connectivity index (χ1v) is 3.85. The second-order valence-corrected chi connectivity index (χ2v) is 2.59. The Hall–Kier alpha value is -0.770. The highest BCUT2D eigenvalue weighted by atomic mass is 17.2. The predicted octanol–water partition coefficient (Wildman–Crippen LogP) is 1.17. The van der Waals surface area contributed by atoms with Gasteiger partial charge in [-0.3, -0.25) is 4.89 Å². The van der Waals surface area contributed by atoms with Gasteiger partial charge in [0.2, 0.25) is 0 Å². The third kappa shape index (κ3) is 1.83. The van der Waals surface area contributed by atoms with Crippen molar-refractivity contribution < 1.29 is 14.6 Å². The zero-order chi connectivity index (χ0) is 8.27. The quantitative estimate of drug-likeness (QED) is 0.448. The van der Waals surface area contributed by atoms with E-state index in [0.717, 1.165) is 13.0 Å². The molecule has 0 saturated carbocycles. The van der Waals surface area contributed by atoms with Crippen LogP contribution >= 0.6 is 0 Å². The summed E-state index contributed by atoms with van der Waals surface area (Å²) in [6, 6.07) is 0.308. The lowest BCUT2D eigenvalue weighted by atomic mass is 10.1. The first-order chi connectivity index (χ1) is 5.25. The molecule has 0 aromatic carbocycles. The molecule has 1 aliphatic rings. The van der Waals surface area contributed by atoms with Crippen LogP contribution in [0.1, 0.15) is 20.3 Å². The number of hydrogen-bond donors (Lipinski definition) is 0. The van der Waals surface area contributed by atoms with Gasteiger partial charge in [0, 0.05) is 12.6 Å². The maximum absolute atomic E-state index is 11.0. The molecule has 1 atom stereocenters. The summed E-state index contributed by atoms with van der Waals surface area (Å²) in [5.74, 6) is 0. The molecule has 4 nitrogen and oxygen atoms in total. The van der Waals surface area contributed by atoms with Gasteiger partial charge in [-0.2, -0.15) is 4.89 Å². The highest BCUT2D eigenvalue weighted by Crippen LogP contribution is 2.16. The van der Waals surface area contributed by atoms with E-state index in [4.69, 9.17) is 0 Å². The van der Waals surface area contributed by atoms with Crippen molar-refractivity contribution in [2.24, 2.45) is 0 Å². The summed E-state index contributed by atoms with van der Waals surface area (Å²) in [5.41, 5.74) is 0. The summed E-state index contributed by atoms with van der Waals surface area (Å²) in [6.45, 7) is 4.94. The van der Waals surface area contributed by atoms with Crippen LogP contribution in [-0.2, 0) is 9.78 Å². The Labute approximate surface area is 66.0 Å². The number of carbonyl (C=O) groups is 1. The summed E-state index contributed by atoms with van der Waals surface area (Å²) in [7, 11) is 0. The zero-order valence-electron chi connectivity index (χ0n) is 6.87. The Morgan fingerprint density at radius 2 is 2.45 bits per heavy atom. The number of nitrogens with zero attached hydrogens (tertiary/aromatic N) is 1. The summed E-state index contributed by atoms with van der Waals surface area (Å²) in [6.07, 6.45) is 0.687. The Balaban J connectivity index is 2.19. The molecule has 4 heteroatoms. The van der Waals surface area contributed by atoms with Gasteiger partial charge in [-0.1, -0.05) is 0 Å². The summed E-state index contributed by atoms with van der Waals surface area (Å²) in [4.78, 5) is 21.6. The largest absolute Gasteiger partial charge is 0.441 e. The van der Waals surface area contributed by atoms with Gasteiger partial charge in [0.15, 0.2) is 0 Å². The number of likely N-dealkylation sites (tertiary alicyclic amines) is 1. The lowest BCUT2D eigenvalue weighted by Gasteiger charge is -2.36. The highest BCUT2D eigenvalue weighted by molar-refractivity contribution is 5.68. The fourth-order valence-corrected chi connectivity index (χ4v) is 0.945. The average molecular weight is 159 g/mol. The van der Waals surface area contributed by atoms with Crippen molar-refractivity contribution in [1.82, 2.24) is 4.90 Å². The molecular weight excluding hydrogens is 146 g/mol.